The molecule has 1 aromatic heterocycles. The molecule has 1 heterocycles. The summed E-state index contributed by atoms with van der Waals surface area (Å²) in [5, 5.41) is 14.0. The van der Waals surface area contributed by atoms with E-state index in [1.54, 1.807) is 12.1 Å². The molecule has 1 unspecified atom stereocenters. The topological polar surface area (TPSA) is 59.2 Å². The Bertz CT molecular complexity index is 564. The van der Waals surface area contributed by atoms with Crippen LogP contribution in [0.2, 0.25) is 0 Å². The van der Waals surface area contributed by atoms with Crippen LogP contribution in [0.15, 0.2) is 28.8 Å². The molecule has 1 N–H and O–H groups in total. The van der Waals surface area contributed by atoms with Crippen LogP contribution in [0.3, 0.4) is 0 Å². The molecule has 0 spiro atoms. The second kappa shape index (κ2) is 5.09. The summed E-state index contributed by atoms with van der Waals surface area (Å²) in [5.41, 5.74) is 0.550. The maximum absolute atomic E-state index is 13.1. The zero-order valence-electron chi connectivity index (χ0n) is 10.4. The van der Waals surface area contributed by atoms with Crippen molar-refractivity contribution in [3.05, 3.63) is 36.0 Å². The van der Waals surface area contributed by atoms with Crippen LogP contribution in [-0.4, -0.2) is 15.2 Å². The minimum atomic E-state index is -0.711. The summed E-state index contributed by atoms with van der Waals surface area (Å²) in [6.07, 6.45) is 3.52. The fraction of sp³-hybridized carbons (Fsp3) is 0.429. The average molecular weight is 262 g/mol. The van der Waals surface area contributed by atoms with Crippen LogP contribution >= 0.6 is 0 Å². The highest BCUT2D eigenvalue weighted by Crippen LogP contribution is 2.35. The molecule has 0 amide bonds. The van der Waals surface area contributed by atoms with Gasteiger partial charge in [-0.3, -0.25) is 0 Å². The van der Waals surface area contributed by atoms with Crippen molar-refractivity contribution in [3.63, 3.8) is 0 Å². The number of aliphatic hydroxyl groups excluding tert-OH is 1. The lowest BCUT2D eigenvalue weighted by molar-refractivity contribution is 0.0768. The van der Waals surface area contributed by atoms with E-state index in [4.69, 9.17) is 4.52 Å². The Morgan fingerprint density at radius 1 is 1.32 bits per heavy atom. The van der Waals surface area contributed by atoms with Gasteiger partial charge in [0.05, 0.1) is 0 Å². The summed E-state index contributed by atoms with van der Waals surface area (Å²) < 4.78 is 18.2. The van der Waals surface area contributed by atoms with Crippen LogP contribution in [0.4, 0.5) is 4.39 Å². The van der Waals surface area contributed by atoms with Crippen molar-refractivity contribution < 1.29 is 14.0 Å². The third-order valence-corrected chi connectivity index (χ3v) is 3.62. The van der Waals surface area contributed by atoms with Crippen molar-refractivity contribution in [1.29, 1.82) is 0 Å². The fourth-order valence-corrected chi connectivity index (χ4v) is 2.57. The van der Waals surface area contributed by atoms with Crippen LogP contribution in [0.25, 0.3) is 11.4 Å². The molecule has 2 aromatic rings. The van der Waals surface area contributed by atoms with Gasteiger partial charge in [0.1, 0.15) is 11.9 Å². The lowest BCUT2D eigenvalue weighted by Crippen LogP contribution is -2.09. The molecule has 1 aromatic carbocycles. The van der Waals surface area contributed by atoms with Gasteiger partial charge in [0, 0.05) is 5.56 Å². The number of hydrogen-bond acceptors (Lipinski definition) is 4. The molecule has 0 saturated heterocycles. The first-order chi connectivity index (χ1) is 9.24. The summed E-state index contributed by atoms with van der Waals surface area (Å²) in [6.45, 7) is 0. The van der Waals surface area contributed by atoms with Gasteiger partial charge < -0.3 is 9.63 Å². The molecule has 0 aliphatic heterocycles. The second-order valence-corrected chi connectivity index (χ2v) is 4.96. The smallest absolute Gasteiger partial charge is 0.256 e. The molecular weight excluding hydrogens is 247 g/mol. The van der Waals surface area contributed by atoms with Gasteiger partial charge >= 0.3 is 0 Å². The molecule has 4 nitrogen and oxygen atoms in total. The zero-order chi connectivity index (χ0) is 13.2. The molecule has 1 atom stereocenters. The number of benzene rings is 1. The van der Waals surface area contributed by atoms with E-state index in [9.17, 15) is 9.50 Å². The molecule has 0 radical (unpaired) electrons. The minimum absolute atomic E-state index is 0.195. The summed E-state index contributed by atoms with van der Waals surface area (Å²) in [5.74, 6) is 0.388. The molecule has 3 rings (SSSR count). The monoisotopic (exact) mass is 262 g/mol. The average Bonchev–Trinajstić information content (AvgIpc) is 3.10. The highest BCUT2D eigenvalue weighted by molar-refractivity contribution is 5.53. The number of nitrogens with zero attached hydrogens (tertiary/aromatic N) is 2. The van der Waals surface area contributed by atoms with Gasteiger partial charge in [-0.2, -0.15) is 4.98 Å². The van der Waals surface area contributed by atoms with Crippen LogP contribution in [0, 0.1) is 11.7 Å². The summed E-state index contributed by atoms with van der Waals surface area (Å²) in [7, 11) is 0. The Labute approximate surface area is 110 Å². The van der Waals surface area contributed by atoms with E-state index in [0.717, 1.165) is 25.7 Å². The third-order valence-electron chi connectivity index (χ3n) is 3.62. The van der Waals surface area contributed by atoms with Crippen molar-refractivity contribution in [2.75, 3.05) is 0 Å². The third kappa shape index (κ3) is 2.51. The van der Waals surface area contributed by atoms with Crippen molar-refractivity contribution in [3.8, 4) is 11.4 Å². The standard InChI is InChI=1S/C14H15FN2O2/c15-11-7-3-6-10(8-11)13-16-14(19-17-13)12(18)9-4-1-2-5-9/h3,6-9,12,18H,1-2,4-5H2. The maximum Gasteiger partial charge on any atom is 0.256 e. The Kier molecular flexibility index (Phi) is 3.29. The highest BCUT2D eigenvalue weighted by Gasteiger charge is 2.28. The quantitative estimate of drug-likeness (QED) is 0.923. The maximum atomic E-state index is 13.1. The van der Waals surface area contributed by atoms with E-state index < -0.39 is 6.10 Å². The van der Waals surface area contributed by atoms with E-state index >= 15 is 0 Å². The van der Waals surface area contributed by atoms with E-state index in [2.05, 4.69) is 10.1 Å². The van der Waals surface area contributed by atoms with Crippen LogP contribution < -0.4 is 0 Å². The molecule has 1 saturated carbocycles. The first-order valence-electron chi connectivity index (χ1n) is 6.51. The van der Waals surface area contributed by atoms with Gasteiger partial charge in [-0.15, -0.1) is 0 Å². The molecular formula is C14H15FN2O2. The van der Waals surface area contributed by atoms with Crippen molar-refractivity contribution in [2.45, 2.75) is 31.8 Å². The molecule has 100 valence electrons. The van der Waals surface area contributed by atoms with E-state index in [0.29, 0.717) is 11.4 Å². The summed E-state index contributed by atoms with van der Waals surface area (Å²) in [6, 6.07) is 6.00. The second-order valence-electron chi connectivity index (χ2n) is 4.96. The number of hydrogen-bond donors (Lipinski definition) is 1. The Hall–Kier alpha value is -1.75. The normalized spacial score (nSPS) is 17.8. The fourth-order valence-electron chi connectivity index (χ4n) is 2.57. The van der Waals surface area contributed by atoms with Crippen molar-refractivity contribution in [2.24, 2.45) is 5.92 Å². The Morgan fingerprint density at radius 2 is 2.11 bits per heavy atom. The van der Waals surface area contributed by atoms with E-state index in [1.807, 2.05) is 0 Å². The predicted octanol–water partition coefficient (Wildman–Crippen LogP) is 3.10. The lowest BCUT2D eigenvalue weighted by Gasteiger charge is -2.12. The largest absolute Gasteiger partial charge is 0.383 e. The molecule has 5 heteroatoms. The number of aliphatic hydroxyl groups is 1. The molecule has 1 fully saturated rings. The predicted molar refractivity (Wildman–Crippen MR) is 66.6 cm³/mol. The summed E-state index contributed by atoms with van der Waals surface area (Å²) in [4.78, 5) is 4.17. The van der Waals surface area contributed by atoms with Gasteiger partial charge in [-0.05, 0) is 30.9 Å². The lowest BCUT2D eigenvalue weighted by atomic mass is 10.0. The van der Waals surface area contributed by atoms with Crippen LogP contribution in [0.5, 0.6) is 0 Å². The summed E-state index contributed by atoms with van der Waals surface area (Å²) >= 11 is 0. The first-order valence-corrected chi connectivity index (χ1v) is 6.51. The minimum Gasteiger partial charge on any atom is -0.383 e. The van der Waals surface area contributed by atoms with Gasteiger partial charge in [-0.25, -0.2) is 4.39 Å². The van der Waals surface area contributed by atoms with E-state index in [-0.39, 0.29) is 17.6 Å². The van der Waals surface area contributed by atoms with Gasteiger partial charge in [0.2, 0.25) is 5.82 Å². The zero-order valence-corrected chi connectivity index (χ0v) is 10.4. The van der Waals surface area contributed by atoms with Gasteiger partial charge in [0.25, 0.3) is 5.89 Å². The van der Waals surface area contributed by atoms with Crippen molar-refractivity contribution >= 4 is 0 Å². The van der Waals surface area contributed by atoms with Gasteiger partial charge in [-0.1, -0.05) is 30.1 Å². The molecule has 1 aliphatic carbocycles. The molecule has 0 bridgehead atoms. The Morgan fingerprint density at radius 3 is 2.84 bits per heavy atom. The van der Waals surface area contributed by atoms with E-state index in [1.165, 1.54) is 12.1 Å². The van der Waals surface area contributed by atoms with Crippen molar-refractivity contribution in [1.82, 2.24) is 10.1 Å². The number of halogens is 1. The highest BCUT2D eigenvalue weighted by atomic mass is 19.1. The van der Waals surface area contributed by atoms with Crippen LogP contribution in [-0.2, 0) is 0 Å². The first kappa shape index (κ1) is 12.3. The molecule has 19 heavy (non-hydrogen) atoms. The van der Waals surface area contributed by atoms with Crippen LogP contribution in [0.1, 0.15) is 37.7 Å². The number of rotatable bonds is 3. The SMILES string of the molecule is OC(c1nc(-c2cccc(F)c2)no1)C1CCCC1. The Balaban J connectivity index is 1.82. The number of aromatic nitrogens is 2. The van der Waals surface area contributed by atoms with Gasteiger partial charge in [0.15, 0.2) is 0 Å². The molecule has 1 aliphatic rings.